The van der Waals surface area contributed by atoms with Crippen molar-refractivity contribution in [2.45, 2.75) is 38.1 Å². The molecule has 38 heavy (non-hydrogen) atoms. The second-order valence-corrected chi connectivity index (χ2v) is 11.4. The second kappa shape index (κ2) is 11.4. The Balaban J connectivity index is 1.19. The molecule has 1 aliphatic carbocycles. The van der Waals surface area contributed by atoms with Gasteiger partial charge in [-0.15, -0.1) is 0 Å². The summed E-state index contributed by atoms with van der Waals surface area (Å²) in [6.07, 6.45) is 8.53. The number of aromatic nitrogens is 1. The number of hydrogen-bond acceptors (Lipinski definition) is 6. The Morgan fingerprint density at radius 1 is 1.18 bits per heavy atom. The van der Waals surface area contributed by atoms with E-state index < -0.39 is 4.92 Å². The Morgan fingerprint density at radius 2 is 1.92 bits per heavy atom. The molecule has 202 valence electrons. The molecule has 2 saturated heterocycles. The first-order valence-electron chi connectivity index (χ1n) is 13.5. The summed E-state index contributed by atoms with van der Waals surface area (Å²) < 4.78 is 0.553. The monoisotopic (exact) mass is 539 g/mol. The number of pyridine rings is 1. The van der Waals surface area contributed by atoms with Gasteiger partial charge in [0.25, 0.3) is 6.20 Å². The minimum Gasteiger partial charge on any atom is -0.340 e. The molecule has 1 unspecified atom stereocenters. The first-order chi connectivity index (χ1) is 18.3. The molecule has 2 aromatic rings. The van der Waals surface area contributed by atoms with Crippen molar-refractivity contribution in [3.05, 3.63) is 86.4 Å². The number of likely N-dealkylation sites (tertiary alicyclic amines) is 1. The Morgan fingerprint density at radius 3 is 2.66 bits per heavy atom. The van der Waals surface area contributed by atoms with E-state index in [0.717, 1.165) is 68.8 Å². The molecule has 3 heterocycles. The normalized spacial score (nSPS) is 25.9. The molecule has 5 rings (SSSR count). The molecule has 0 radical (unpaired) electrons. The lowest BCUT2D eigenvalue weighted by Crippen LogP contribution is -2.57. The van der Waals surface area contributed by atoms with E-state index in [1.165, 1.54) is 22.9 Å². The molecular weight excluding hydrogens is 504 g/mol. The van der Waals surface area contributed by atoms with Crippen molar-refractivity contribution in [2.24, 2.45) is 5.92 Å². The summed E-state index contributed by atoms with van der Waals surface area (Å²) in [5, 5.41) is 11.3. The van der Waals surface area contributed by atoms with E-state index in [1.54, 1.807) is 0 Å². The first-order valence-corrected chi connectivity index (χ1v) is 13.9. The number of nitrogens with one attached hydrogen (secondary N) is 1. The van der Waals surface area contributed by atoms with Crippen LogP contribution in [0.5, 0.6) is 0 Å². The van der Waals surface area contributed by atoms with Crippen molar-refractivity contribution in [3.63, 3.8) is 0 Å². The van der Waals surface area contributed by atoms with Gasteiger partial charge in [0.15, 0.2) is 0 Å². The summed E-state index contributed by atoms with van der Waals surface area (Å²) in [4.78, 5) is 32.6. The predicted octanol–water partition coefficient (Wildman–Crippen LogP) is 3.57. The number of rotatable bonds is 6. The summed E-state index contributed by atoms with van der Waals surface area (Å²) in [6, 6.07) is 10.5. The van der Waals surface area contributed by atoms with E-state index in [4.69, 9.17) is 16.6 Å². The molecule has 9 nitrogen and oxygen atoms in total. The number of quaternary nitrogens is 1. The topological polar surface area (TPSA) is 91.6 Å². The number of piperazine rings is 1. The number of halogens is 1. The first kappa shape index (κ1) is 26.6. The molecule has 1 aromatic carbocycles. The van der Waals surface area contributed by atoms with Gasteiger partial charge < -0.3 is 4.90 Å². The fraction of sp³-hybridized carbons (Fsp3) is 0.500. The van der Waals surface area contributed by atoms with E-state index >= 15 is 0 Å². The average molecular weight is 540 g/mol. The molecule has 1 aromatic heterocycles. The largest absolute Gasteiger partial charge is 0.340 e. The number of nitro groups is 1. The number of fused-ring (bicyclic) bond motifs is 2. The van der Waals surface area contributed by atoms with Crippen molar-refractivity contribution < 1.29 is 14.3 Å². The van der Waals surface area contributed by atoms with Crippen molar-refractivity contribution in [2.75, 3.05) is 46.3 Å². The second-order valence-electron chi connectivity index (χ2n) is 10.9. The third kappa shape index (κ3) is 6.00. The van der Waals surface area contributed by atoms with E-state index in [1.807, 2.05) is 30.3 Å². The third-order valence-electron chi connectivity index (χ3n) is 8.39. The van der Waals surface area contributed by atoms with Crippen molar-refractivity contribution in [3.8, 4) is 0 Å². The van der Waals surface area contributed by atoms with E-state index in [9.17, 15) is 14.9 Å². The van der Waals surface area contributed by atoms with Gasteiger partial charge in [-0.2, -0.15) is 0 Å². The van der Waals surface area contributed by atoms with Crippen LogP contribution in [0.4, 0.5) is 0 Å². The van der Waals surface area contributed by atoms with Crippen LogP contribution in [-0.4, -0.2) is 76.5 Å². The third-order valence-corrected chi connectivity index (χ3v) is 8.62. The molecule has 1 atom stereocenters. The number of hydrogen-bond donors (Lipinski definition) is 1. The summed E-state index contributed by atoms with van der Waals surface area (Å²) in [7, 11) is 2.04. The number of nitrogens with zero attached hydrogens (tertiary/aromatic N) is 5. The molecule has 2 fully saturated rings. The maximum atomic E-state index is 13.2. The highest BCUT2D eigenvalue weighted by molar-refractivity contribution is 6.30. The molecule has 1 N–H and O–H groups in total. The number of piperidine rings is 1. The van der Waals surface area contributed by atoms with E-state index in [2.05, 4.69) is 28.5 Å². The molecule has 3 aliphatic rings. The van der Waals surface area contributed by atoms with Crippen molar-refractivity contribution in [1.82, 2.24) is 20.2 Å². The van der Waals surface area contributed by atoms with Crippen LogP contribution in [-0.2, 0) is 17.6 Å². The quantitative estimate of drug-likeness (QED) is 0.343. The fourth-order valence-electron chi connectivity index (χ4n) is 6.16. The molecule has 1 amide bonds. The van der Waals surface area contributed by atoms with Gasteiger partial charge in [0, 0.05) is 56.7 Å². The lowest BCUT2D eigenvalue weighted by Gasteiger charge is -2.41. The number of carbonyl (C=O) groups excluding carboxylic acids is 1. The number of amides is 1. The summed E-state index contributed by atoms with van der Waals surface area (Å²) in [5.41, 5.74) is 8.09. The standard InChI is InChI=1S/C28H36ClN6O3/c1-35(31-11-12-34(37)38)17-8-21(9-18-35)19-26(36)32-13-15-33(16-14-32)28-25-7-6-24(29)20-23(25)5-4-22-3-2-10-30-27(22)28/h2-3,6-7,10-12,20-21,28,31H,4-5,8-9,13-19H2,1H3/q+1. The van der Waals surface area contributed by atoms with Crippen molar-refractivity contribution >= 4 is 17.5 Å². The van der Waals surface area contributed by atoms with Crippen LogP contribution < -0.4 is 5.43 Å². The zero-order chi connectivity index (χ0) is 26.7. The van der Waals surface area contributed by atoms with Gasteiger partial charge in [0.1, 0.15) is 19.3 Å². The minimum absolute atomic E-state index is 0.0730. The highest BCUT2D eigenvalue weighted by atomic mass is 35.5. The SMILES string of the molecule is C[N+]1(NC=C[N+](=O)[O-])CCC(CC(=O)N2CCN(C3c4ccc(Cl)cc4CCc4cccnc43)CC2)CC1. The van der Waals surface area contributed by atoms with Crippen LogP contribution in [0.1, 0.15) is 47.7 Å². The minimum atomic E-state index is -0.468. The van der Waals surface area contributed by atoms with Crippen LogP contribution in [0, 0.1) is 16.0 Å². The lowest BCUT2D eigenvalue weighted by atomic mass is 9.92. The van der Waals surface area contributed by atoms with Gasteiger partial charge in [-0.1, -0.05) is 23.7 Å². The van der Waals surface area contributed by atoms with Gasteiger partial charge in [-0.05, 0) is 53.6 Å². The van der Waals surface area contributed by atoms with E-state index in [0.29, 0.717) is 30.0 Å². The predicted molar refractivity (Wildman–Crippen MR) is 146 cm³/mol. The van der Waals surface area contributed by atoms with Gasteiger partial charge in [0.2, 0.25) is 5.91 Å². The smallest absolute Gasteiger partial charge is 0.255 e. The zero-order valence-electron chi connectivity index (χ0n) is 21.9. The Bertz CT molecular complexity index is 1200. The molecular formula is C28H36ClN6O3+. The van der Waals surface area contributed by atoms with Gasteiger partial charge >= 0.3 is 0 Å². The van der Waals surface area contributed by atoms with Gasteiger partial charge in [-0.25, -0.2) is 10.0 Å². The fourth-order valence-corrected chi connectivity index (χ4v) is 6.35. The summed E-state index contributed by atoms with van der Waals surface area (Å²) >= 11 is 6.35. The number of carbonyl (C=O) groups is 1. The van der Waals surface area contributed by atoms with Crippen LogP contribution in [0.15, 0.2) is 48.9 Å². The lowest BCUT2D eigenvalue weighted by molar-refractivity contribution is -0.951. The van der Waals surface area contributed by atoms with E-state index in [-0.39, 0.29) is 11.9 Å². The molecule has 0 spiro atoms. The molecule has 0 saturated carbocycles. The Hall–Kier alpha value is -3.01. The van der Waals surface area contributed by atoms with Crippen LogP contribution in [0.25, 0.3) is 0 Å². The summed E-state index contributed by atoms with van der Waals surface area (Å²) in [6.45, 7) is 4.72. The van der Waals surface area contributed by atoms with Gasteiger partial charge in [-0.3, -0.25) is 24.8 Å². The average Bonchev–Trinajstić information content (AvgIpc) is 3.06. The summed E-state index contributed by atoms with van der Waals surface area (Å²) in [5.74, 6) is 0.584. The van der Waals surface area contributed by atoms with Gasteiger partial charge in [0.05, 0.1) is 23.7 Å². The molecule has 0 bridgehead atoms. The zero-order valence-corrected chi connectivity index (χ0v) is 22.6. The molecule has 10 heteroatoms. The maximum Gasteiger partial charge on any atom is 0.255 e. The van der Waals surface area contributed by atoms with Crippen LogP contribution in [0.3, 0.4) is 0 Å². The Labute approximate surface area is 228 Å². The highest BCUT2D eigenvalue weighted by Gasteiger charge is 2.35. The highest BCUT2D eigenvalue weighted by Crippen LogP contribution is 2.37. The number of aryl methyl sites for hydroxylation is 2. The Kier molecular flexibility index (Phi) is 7.97. The van der Waals surface area contributed by atoms with Crippen LogP contribution in [0.2, 0.25) is 5.02 Å². The number of benzene rings is 1. The maximum absolute atomic E-state index is 13.2. The van der Waals surface area contributed by atoms with Crippen LogP contribution >= 0.6 is 11.6 Å². The molecule has 2 aliphatic heterocycles. The van der Waals surface area contributed by atoms with Crippen molar-refractivity contribution in [1.29, 1.82) is 0 Å².